The zero-order chi connectivity index (χ0) is 17.2. The predicted molar refractivity (Wildman–Crippen MR) is 93.1 cm³/mol. The van der Waals surface area contributed by atoms with Gasteiger partial charge in [0, 0.05) is 18.7 Å². The summed E-state index contributed by atoms with van der Waals surface area (Å²) in [4.78, 5) is 23.5. The second kappa shape index (κ2) is 9.35. The first kappa shape index (κ1) is 17.5. The molecule has 2 amide bonds. The van der Waals surface area contributed by atoms with E-state index >= 15 is 0 Å². The molecule has 0 unspecified atom stereocenters. The summed E-state index contributed by atoms with van der Waals surface area (Å²) in [6, 6.07) is 16.6. The minimum Gasteiger partial charge on any atom is -0.484 e. The number of rotatable bonds is 8. The number of benzene rings is 2. The molecule has 0 radical (unpaired) electrons. The summed E-state index contributed by atoms with van der Waals surface area (Å²) < 4.78 is 5.42. The average molecular weight is 326 g/mol. The molecule has 126 valence electrons. The maximum atomic E-state index is 11.8. The molecule has 0 aliphatic carbocycles. The van der Waals surface area contributed by atoms with Gasteiger partial charge in [0.1, 0.15) is 5.75 Å². The smallest absolute Gasteiger partial charge is 0.258 e. The molecule has 2 rings (SSSR count). The molecule has 2 aromatic rings. The molecule has 0 bridgehead atoms. The van der Waals surface area contributed by atoms with Gasteiger partial charge in [0.25, 0.3) is 11.8 Å². The first-order chi connectivity index (χ1) is 11.7. The highest BCUT2D eigenvalue weighted by molar-refractivity contribution is 5.94. The van der Waals surface area contributed by atoms with Gasteiger partial charge in [0.05, 0.1) is 0 Å². The standard InChI is InChI=1S/C19H22N2O3/c1-2-15-8-10-17(11-9-15)24-14-18(22)20-12-13-21-19(23)16-6-4-3-5-7-16/h3-11H,2,12-14H2,1H3,(H,20,22)(H,21,23). The zero-order valence-corrected chi connectivity index (χ0v) is 13.7. The van der Waals surface area contributed by atoms with Crippen LogP contribution in [0.5, 0.6) is 5.75 Å². The molecule has 0 spiro atoms. The van der Waals surface area contributed by atoms with Gasteiger partial charge in [-0.25, -0.2) is 0 Å². The lowest BCUT2D eigenvalue weighted by atomic mass is 10.2. The monoisotopic (exact) mass is 326 g/mol. The Kier molecular flexibility index (Phi) is 6.83. The van der Waals surface area contributed by atoms with Crippen molar-refractivity contribution in [2.45, 2.75) is 13.3 Å². The van der Waals surface area contributed by atoms with Crippen LogP contribution in [0.15, 0.2) is 54.6 Å². The number of nitrogens with one attached hydrogen (secondary N) is 2. The van der Waals surface area contributed by atoms with E-state index < -0.39 is 0 Å². The number of carbonyl (C=O) groups is 2. The predicted octanol–water partition coefficient (Wildman–Crippen LogP) is 2.17. The van der Waals surface area contributed by atoms with Crippen molar-refractivity contribution in [2.75, 3.05) is 19.7 Å². The molecule has 2 N–H and O–H groups in total. The normalized spacial score (nSPS) is 10.0. The first-order valence-electron chi connectivity index (χ1n) is 8.00. The van der Waals surface area contributed by atoms with E-state index in [0.29, 0.717) is 24.4 Å². The van der Waals surface area contributed by atoms with Crippen LogP contribution < -0.4 is 15.4 Å². The lowest BCUT2D eigenvalue weighted by molar-refractivity contribution is -0.123. The quantitative estimate of drug-likeness (QED) is 0.731. The molecular formula is C19H22N2O3. The van der Waals surface area contributed by atoms with Crippen molar-refractivity contribution in [1.82, 2.24) is 10.6 Å². The maximum absolute atomic E-state index is 11.8. The summed E-state index contributed by atoms with van der Waals surface area (Å²) in [5, 5.41) is 5.45. The van der Waals surface area contributed by atoms with E-state index in [2.05, 4.69) is 17.6 Å². The molecule has 0 aromatic heterocycles. The fraction of sp³-hybridized carbons (Fsp3) is 0.263. The summed E-state index contributed by atoms with van der Waals surface area (Å²) in [5.41, 5.74) is 1.82. The first-order valence-corrected chi connectivity index (χ1v) is 8.00. The zero-order valence-electron chi connectivity index (χ0n) is 13.7. The van der Waals surface area contributed by atoms with Crippen molar-refractivity contribution in [3.05, 3.63) is 65.7 Å². The van der Waals surface area contributed by atoms with E-state index in [4.69, 9.17) is 4.74 Å². The molecule has 0 aliphatic rings. The van der Waals surface area contributed by atoms with Crippen LogP contribution in [-0.2, 0) is 11.2 Å². The summed E-state index contributed by atoms with van der Waals surface area (Å²) in [7, 11) is 0. The van der Waals surface area contributed by atoms with Gasteiger partial charge in [-0.1, -0.05) is 37.3 Å². The number of carbonyl (C=O) groups excluding carboxylic acids is 2. The van der Waals surface area contributed by atoms with Gasteiger partial charge < -0.3 is 15.4 Å². The van der Waals surface area contributed by atoms with Crippen LogP contribution >= 0.6 is 0 Å². The van der Waals surface area contributed by atoms with Crippen LogP contribution in [0.25, 0.3) is 0 Å². The highest BCUT2D eigenvalue weighted by atomic mass is 16.5. The Morgan fingerprint density at radius 2 is 1.58 bits per heavy atom. The highest BCUT2D eigenvalue weighted by Crippen LogP contribution is 2.12. The highest BCUT2D eigenvalue weighted by Gasteiger charge is 2.05. The molecular weight excluding hydrogens is 304 g/mol. The fourth-order valence-corrected chi connectivity index (χ4v) is 2.09. The molecule has 2 aromatic carbocycles. The van der Waals surface area contributed by atoms with Gasteiger partial charge in [0.15, 0.2) is 6.61 Å². The van der Waals surface area contributed by atoms with Crippen molar-refractivity contribution >= 4 is 11.8 Å². The maximum Gasteiger partial charge on any atom is 0.258 e. The van der Waals surface area contributed by atoms with Crippen LogP contribution in [0.2, 0.25) is 0 Å². The number of amides is 2. The second-order valence-corrected chi connectivity index (χ2v) is 5.26. The largest absolute Gasteiger partial charge is 0.484 e. The van der Waals surface area contributed by atoms with Crippen LogP contribution in [0.1, 0.15) is 22.8 Å². The molecule has 24 heavy (non-hydrogen) atoms. The molecule has 0 saturated heterocycles. The van der Waals surface area contributed by atoms with E-state index in [0.717, 1.165) is 6.42 Å². The van der Waals surface area contributed by atoms with Crippen molar-refractivity contribution in [1.29, 1.82) is 0 Å². The molecule has 0 saturated carbocycles. The molecule has 0 fully saturated rings. The Hall–Kier alpha value is -2.82. The van der Waals surface area contributed by atoms with Crippen molar-refractivity contribution in [2.24, 2.45) is 0 Å². The summed E-state index contributed by atoms with van der Waals surface area (Å²) in [6.45, 7) is 2.76. The van der Waals surface area contributed by atoms with E-state index in [1.807, 2.05) is 30.3 Å². The van der Waals surface area contributed by atoms with Gasteiger partial charge in [0.2, 0.25) is 0 Å². The third-order valence-corrected chi connectivity index (χ3v) is 3.47. The average Bonchev–Trinajstić information content (AvgIpc) is 2.64. The lowest BCUT2D eigenvalue weighted by Gasteiger charge is -2.09. The van der Waals surface area contributed by atoms with E-state index in [-0.39, 0.29) is 18.4 Å². The molecule has 5 nitrogen and oxygen atoms in total. The molecule has 0 atom stereocenters. The Morgan fingerprint density at radius 3 is 2.25 bits per heavy atom. The number of ether oxygens (including phenoxy) is 1. The number of hydrogen-bond acceptors (Lipinski definition) is 3. The van der Waals surface area contributed by atoms with Gasteiger partial charge >= 0.3 is 0 Å². The SMILES string of the molecule is CCc1ccc(OCC(=O)NCCNC(=O)c2ccccc2)cc1. The van der Waals surface area contributed by atoms with Crippen LogP contribution in [0, 0.1) is 0 Å². The van der Waals surface area contributed by atoms with Crippen molar-refractivity contribution in [3.8, 4) is 5.75 Å². The molecule has 5 heteroatoms. The Bertz CT molecular complexity index is 654. The Morgan fingerprint density at radius 1 is 0.917 bits per heavy atom. The van der Waals surface area contributed by atoms with Crippen LogP contribution in [-0.4, -0.2) is 31.5 Å². The minimum absolute atomic E-state index is 0.0435. The Balaban J connectivity index is 1.62. The topological polar surface area (TPSA) is 67.4 Å². The van der Waals surface area contributed by atoms with Crippen LogP contribution in [0.3, 0.4) is 0 Å². The van der Waals surface area contributed by atoms with Gasteiger partial charge in [-0.15, -0.1) is 0 Å². The minimum atomic E-state index is -0.219. The second-order valence-electron chi connectivity index (χ2n) is 5.26. The van der Waals surface area contributed by atoms with Crippen LogP contribution in [0.4, 0.5) is 0 Å². The van der Waals surface area contributed by atoms with Gasteiger partial charge in [-0.05, 0) is 36.2 Å². The van der Waals surface area contributed by atoms with E-state index in [1.165, 1.54) is 5.56 Å². The van der Waals surface area contributed by atoms with Crippen molar-refractivity contribution in [3.63, 3.8) is 0 Å². The molecule has 0 aliphatic heterocycles. The fourth-order valence-electron chi connectivity index (χ4n) is 2.09. The van der Waals surface area contributed by atoms with E-state index in [9.17, 15) is 9.59 Å². The summed E-state index contributed by atoms with van der Waals surface area (Å²) in [6.07, 6.45) is 0.968. The van der Waals surface area contributed by atoms with E-state index in [1.54, 1.807) is 24.3 Å². The van der Waals surface area contributed by atoms with Crippen molar-refractivity contribution < 1.29 is 14.3 Å². The lowest BCUT2D eigenvalue weighted by Crippen LogP contribution is -2.36. The number of hydrogen-bond donors (Lipinski definition) is 2. The van der Waals surface area contributed by atoms with Gasteiger partial charge in [-0.3, -0.25) is 9.59 Å². The summed E-state index contributed by atoms with van der Waals surface area (Å²) >= 11 is 0. The van der Waals surface area contributed by atoms with Gasteiger partial charge in [-0.2, -0.15) is 0 Å². The molecule has 0 heterocycles. The number of aryl methyl sites for hydroxylation is 1. The third-order valence-electron chi connectivity index (χ3n) is 3.47. The summed E-state index contributed by atoms with van der Waals surface area (Å²) in [5.74, 6) is 0.292. The third kappa shape index (κ3) is 5.76. The Labute approximate surface area is 142 Å².